The van der Waals surface area contributed by atoms with E-state index >= 15 is 0 Å². The minimum Gasteiger partial charge on any atom is -0.382 e. The van der Waals surface area contributed by atoms with Crippen molar-refractivity contribution in [2.24, 2.45) is 5.16 Å². The molecule has 2 atom stereocenters. The summed E-state index contributed by atoms with van der Waals surface area (Å²) in [5, 5.41) is 11.3. The van der Waals surface area contributed by atoms with Crippen LogP contribution in [0, 0.1) is 0 Å². The maximum atomic E-state index is 12.3. The van der Waals surface area contributed by atoms with Crippen molar-refractivity contribution >= 4 is 23.0 Å². The largest absolute Gasteiger partial charge is 0.382 e. The number of oxime groups is 1. The van der Waals surface area contributed by atoms with Gasteiger partial charge >= 0.3 is 0 Å². The number of carbonyl (C=O) groups is 1. The van der Waals surface area contributed by atoms with E-state index in [1.165, 1.54) is 11.1 Å². The molecule has 1 aromatic heterocycles. The molecule has 1 aliphatic heterocycles. The van der Waals surface area contributed by atoms with Crippen LogP contribution in [0.25, 0.3) is 0 Å². The fourth-order valence-electron chi connectivity index (χ4n) is 2.80. The molecule has 0 saturated carbocycles. The lowest BCUT2D eigenvalue weighted by Crippen LogP contribution is -2.41. The smallest absolute Gasteiger partial charge is 0.264 e. The topological polar surface area (TPSA) is 50.7 Å². The summed E-state index contributed by atoms with van der Waals surface area (Å²) in [6.07, 6.45) is 2.69. The van der Waals surface area contributed by atoms with Gasteiger partial charge in [-0.1, -0.05) is 35.5 Å². The van der Waals surface area contributed by atoms with Crippen LogP contribution in [0.1, 0.15) is 30.9 Å². The molecule has 1 aliphatic rings. The SMILES string of the molecule is CC(Cc1ccsc1)NC(=O)C1CC(CCc2ccccc2)=NO1. The van der Waals surface area contributed by atoms with Gasteiger partial charge in [-0.3, -0.25) is 4.79 Å². The van der Waals surface area contributed by atoms with Gasteiger partial charge in [0.05, 0.1) is 5.71 Å². The standard InChI is InChI=1S/C19H22N2O2S/c1-14(11-16-9-10-24-13-16)20-19(22)18-12-17(21-23-18)8-7-15-5-3-2-4-6-15/h2-6,9-10,13-14,18H,7-8,11-12H2,1H3,(H,20,22). The third-order valence-electron chi connectivity index (χ3n) is 4.08. The van der Waals surface area contributed by atoms with Crippen molar-refractivity contribution in [3.8, 4) is 0 Å². The molecule has 0 fully saturated rings. The molecule has 2 unspecified atom stereocenters. The predicted octanol–water partition coefficient (Wildman–Crippen LogP) is 3.57. The summed E-state index contributed by atoms with van der Waals surface area (Å²) in [7, 11) is 0. The molecule has 4 nitrogen and oxygen atoms in total. The lowest BCUT2D eigenvalue weighted by atomic mass is 10.0. The number of hydrogen-bond acceptors (Lipinski definition) is 4. The molecule has 0 saturated heterocycles. The molecule has 0 aliphatic carbocycles. The van der Waals surface area contributed by atoms with E-state index in [4.69, 9.17) is 4.84 Å². The van der Waals surface area contributed by atoms with Crippen LogP contribution in [0.3, 0.4) is 0 Å². The minimum atomic E-state index is -0.485. The van der Waals surface area contributed by atoms with Crippen molar-refractivity contribution in [2.45, 2.75) is 44.8 Å². The molecule has 1 N–H and O–H groups in total. The minimum absolute atomic E-state index is 0.0730. The van der Waals surface area contributed by atoms with E-state index in [-0.39, 0.29) is 11.9 Å². The molecule has 0 spiro atoms. The molecule has 2 heterocycles. The highest BCUT2D eigenvalue weighted by molar-refractivity contribution is 7.07. The van der Waals surface area contributed by atoms with E-state index in [1.807, 2.05) is 25.1 Å². The molecule has 0 bridgehead atoms. The van der Waals surface area contributed by atoms with E-state index in [2.05, 4.69) is 39.4 Å². The molecule has 0 radical (unpaired) electrons. The highest BCUT2D eigenvalue weighted by Crippen LogP contribution is 2.16. The van der Waals surface area contributed by atoms with E-state index in [1.54, 1.807) is 11.3 Å². The van der Waals surface area contributed by atoms with E-state index in [9.17, 15) is 4.79 Å². The van der Waals surface area contributed by atoms with Crippen LogP contribution in [-0.2, 0) is 22.5 Å². The number of hydrogen-bond donors (Lipinski definition) is 1. The number of benzene rings is 1. The van der Waals surface area contributed by atoms with Crippen molar-refractivity contribution in [2.75, 3.05) is 0 Å². The van der Waals surface area contributed by atoms with Gasteiger partial charge in [0.1, 0.15) is 0 Å². The maximum Gasteiger partial charge on any atom is 0.264 e. The Kier molecular flexibility index (Phi) is 5.64. The van der Waals surface area contributed by atoms with Gasteiger partial charge in [0.15, 0.2) is 0 Å². The van der Waals surface area contributed by atoms with Crippen LogP contribution in [0.5, 0.6) is 0 Å². The van der Waals surface area contributed by atoms with Crippen LogP contribution in [0.4, 0.5) is 0 Å². The molecule has 1 aromatic carbocycles. The van der Waals surface area contributed by atoms with Crippen molar-refractivity contribution in [1.82, 2.24) is 5.32 Å². The maximum absolute atomic E-state index is 12.3. The Balaban J connectivity index is 1.41. The van der Waals surface area contributed by atoms with Crippen LogP contribution >= 0.6 is 11.3 Å². The Morgan fingerprint density at radius 3 is 2.88 bits per heavy atom. The first kappa shape index (κ1) is 16.7. The third kappa shape index (κ3) is 4.68. The quantitative estimate of drug-likeness (QED) is 0.836. The highest BCUT2D eigenvalue weighted by atomic mass is 32.1. The molecule has 2 aromatic rings. The second-order valence-electron chi connectivity index (χ2n) is 6.19. The first-order valence-electron chi connectivity index (χ1n) is 8.27. The van der Waals surface area contributed by atoms with Gasteiger partial charge in [0.2, 0.25) is 6.10 Å². The number of carbonyl (C=O) groups excluding carboxylic acids is 1. The summed E-state index contributed by atoms with van der Waals surface area (Å²) in [4.78, 5) is 17.6. The van der Waals surface area contributed by atoms with Crippen molar-refractivity contribution in [3.05, 3.63) is 58.3 Å². The molecular weight excluding hydrogens is 320 g/mol. The summed E-state index contributed by atoms with van der Waals surface area (Å²) in [5.74, 6) is -0.0730. The number of nitrogens with zero attached hydrogens (tertiary/aromatic N) is 1. The Hall–Kier alpha value is -2.14. The number of thiophene rings is 1. The lowest BCUT2D eigenvalue weighted by Gasteiger charge is -2.15. The Morgan fingerprint density at radius 1 is 1.29 bits per heavy atom. The summed E-state index contributed by atoms with van der Waals surface area (Å²) < 4.78 is 0. The summed E-state index contributed by atoms with van der Waals surface area (Å²) >= 11 is 1.67. The number of amides is 1. The summed E-state index contributed by atoms with van der Waals surface area (Å²) in [5.41, 5.74) is 3.49. The van der Waals surface area contributed by atoms with Gasteiger partial charge < -0.3 is 10.2 Å². The molecule has 126 valence electrons. The average molecular weight is 342 g/mol. The monoisotopic (exact) mass is 342 g/mol. The molecule has 3 rings (SSSR count). The highest BCUT2D eigenvalue weighted by Gasteiger charge is 2.28. The Labute approximate surface area is 146 Å². The van der Waals surface area contributed by atoms with Crippen molar-refractivity contribution in [3.63, 3.8) is 0 Å². The third-order valence-corrected chi connectivity index (χ3v) is 4.81. The second kappa shape index (κ2) is 8.11. The van der Waals surface area contributed by atoms with Gasteiger partial charge in [-0.05, 0) is 54.1 Å². The number of rotatable bonds is 7. The van der Waals surface area contributed by atoms with Gasteiger partial charge in [0.25, 0.3) is 5.91 Å². The molecule has 24 heavy (non-hydrogen) atoms. The molecule has 5 heteroatoms. The van der Waals surface area contributed by atoms with E-state index in [0.717, 1.165) is 25.0 Å². The number of aryl methyl sites for hydroxylation is 1. The Morgan fingerprint density at radius 2 is 2.12 bits per heavy atom. The predicted molar refractivity (Wildman–Crippen MR) is 97.3 cm³/mol. The zero-order valence-electron chi connectivity index (χ0n) is 13.8. The average Bonchev–Trinajstić information content (AvgIpc) is 3.25. The number of nitrogens with one attached hydrogen (secondary N) is 1. The summed E-state index contributed by atoms with van der Waals surface area (Å²) in [6, 6.07) is 12.5. The van der Waals surface area contributed by atoms with Crippen LogP contribution in [0.2, 0.25) is 0 Å². The van der Waals surface area contributed by atoms with Crippen LogP contribution < -0.4 is 5.32 Å². The van der Waals surface area contributed by atoms with E-state index < -0.39 is 6.10 Å². The van der Waals surface area contributed by atoms with Crippen LogP contribution in [0.15, 0.2) is 52.3 Å². The second-order valence-corrected chi connectivity index (χ2v) is 6.97. The van der Waals surface area contributed by atoms with Gasteiger partial charge in [-0.15, -0.1) is 0 Å². The van der Waals surface area contributed by atoms with Crippen molar-refractivity contribution < 1.29 is 9.63 Å². The van der Waals surface area contributed by atoms with Crippen LogP contribution in [-0.4, -0.2) is 23.8 Å². The van der Waals surface area contributed by atoms with E-state index in [0.29, 0.717) is 6.42 Å². The zero-order valence-corrected chi connectivity index (χ0v) is 14.6. The first-order chi connectivity index (χ1) is 11.7. The zero-order chi connectivity index (χ0) is 16.8. The van der Waals surface area contributed by atoms with Gasteiger partial charge in [0, 0.05) is 12.5 Å². The molecule has 1 amide bonds. The lowest BCUT2D eigenvalue weighted by molar-refractivity contribution is -0.131. The first-order valence-corrected chi connectivity index (χ1v) is 9.22. The Bertz CT molecular complexity index is 683. The van der Waals surface area contributed by atoms with Gasteiger partial charge in [-0.2, -0.15) is 11.3 Å². The van der Waals surface area contributed by atoms with Gasteiger partial charge in [-0.25, -0.2) is 0 Å². The molecular formula is C19H22N2O2S. The normalized spacial score (nSPS) is 17.9. The fraction of sp³-hybridized carbons (Fsp3) is 0.368. The van der Waals surface area contributed by atoms with Crippen molar-refractivity contribution in [1.29, 1.82) is 0 Å². The summed E-state index contributed by atoms with van der Waals surface area (Å²) in [6.45, 7) is 2.02. The fourth-order valence-corrected chi connectivity index (χ4v) is 3.48.